The number of nitrogens with zero attached hydrogens (tertiary/aromatic N) is 6. The molecule has 2 aliphatic heterocycles. The Bertz CT molecular complexity index is 798. The van der Waals surface area contributed by atoms with E-state index in [2.05, 4.69) is 20.8 Å². The molecule has 0 bridgehead atoms. The lowest BCUT2D eigenvalue weighted by atomic mass is 10.0. The minimum Gasteiger partial charge on any atom is -0.337 e. The number of nitrogens with one attached hydrogen (secondary N) is 1. The first-order valence-corrected chi connectivity index (χ1v) is 8.86. The molecule has 2 amide bonds. The molecule has 1 aromatic heterocycles. The van der Waals surface area contributed by atoms with Crippen molar-refractivity contribution in [3.8, 4) is 5.69 Å². The third-order valence-electron chi connectivity index (χ3n) is 4.98. The Hall–Kier alpha value is -2.52. The van der Waals surface area contributed by atoms with Gasteiger partial charge in [-0.3, -0.25) is 9.59 Å². The lowest BCUT2D eigenvalue weighted by molar-refractivity contribution is -0.135. The number of halogens is 1. The zero-order chi connectivity index (χ0) is 17.9. The summed E-state index contributed by atoms with van der Waals surface area (Å²) in [6.45, 7) is 3.14. The monoisotopic (exact) mass is 391 g/mol. The molecular formula is C17H22ClN7O2. The van der Waals surface area contributed by atoms with E-state index in [-0.39, 0.29) is 30.3 Å². The molecule has 1 aromatic carbocycles. The Kier molecular flexibility index (Phi) is 6.02. The van der Waals surface area contributed by atoms with Crippen molar-refractivity contribution in [2.24, 2.45) is 0 Å². The number of para-hydroxylation sites is 1. The van der Waals surface area contributed by atoms with Crippen molar-refractivity contribution in [1.82, 2.24) is 35.3 Å². The average Bonchev–Trinajstić information content (AvgIpc) is 3.22. The van der Waals surface area contributed by atoms with Gasteiger partial charge in [-0.15, -0.1) is 17.5 Å². The maximum Gasteiger partial charge on any atom is 0.256 e. The van der Waals surface area contributed by atoms with Crippen LogP contribution in [0.5, 0.6) is 0 Å². The third-order valence-corrected chi connectivity index (χ3v) is 4.98. The van der Waals surface area contributed by atoms with E-state index < -0.39 is 0 Å². The van der Waals surface area contributed by atoms with Gasteiger partial charge in [-0.1, -0.05) is 12.1 Å². The highest BCUT2D eigenvalue weighted by Gasteiger charge is 2.32. The molecule has 1 unspecified atom stereocenters. The van der Waals surface area contributed by atoms with Gasteiger partial charge in [0.15, 0.2) is 0 Å². The molecule has 9 nitrogen and oxygen atoms in total. The van der Waals surface area contributed by atoms with Crippen LogP contribution in [0.2, 0.25) is 0 Å². The first-order chi connectivity index (χ1) is 12.7. The third kappa shape index (κ3) is 3.93. The first kappa shape index (κ1) is 19.2. The van der Waals surface area contributed by atoms with Crippen molar-refractivity contribution >= 4 is 24.2 Å². The number of piperidine rings is 1. The highest BCUT2D eigenvalue weighted by molar-refractivity contribution is 5.97. The highest BCUT2D eigenvalue weighted by atomic mass is 35.5. The number of rotatable bonds is 3. The molecule has 4 rings (SSSR count). The summed E-state index contributed by atoms with van der Waals surface area (Å²) in [6.07, 6.45) is 3.30. The Morgan fingerprint density at radius 2 is 2.07 bits per heavy atom. The van der Waals surface area contributed by atoms with Crippen LogP contribution >= 0.6 is 12.4 Å². The van der Waals surface area contributed by atoms with Gasteiger partial charge < -0.3 is 15.1 Å². The Morgan fingerprint density at radius 3 is 2.85 bits per heavy atom. The molecule has 27 heavy (non-hydrogen) atoms. The van der Waals surface area contributed by atoms with Crippen LogP contribution < -0.4 is 5.32 Å². The maximum absolute atomic E-state index is 13.2. The lowest BCUT2D eigenvalue weighted by Crippen LogP contribution is -2.57. The zero-order valence-electron chi connectivity index (χ0n) is 14.8. The molecule has 1 N–H and O–H groups in total. The van der Waals surface area contributed by atoms with Crippen molar-refractivity contribution in [2.45, 2.75) is 18.9 Å². The van der Waals surface area contributed by atoms with Gasteiger partial charge in [0.2, 0.25) is 5.91 Å². The summed E-state index contributed by atoms with van der Waals surface area (Å²) < 4.78 is 1.49. The van der Waals surface area contributed by atoms with E-state index in [1.165, 1.54) is 11.0 Å². The van der Waals surface area contributed by atoms with E-state index in [4.69, 9.17) is 0 Å². The van der Waals surface area contributed by atoms with Gasteiger partial charge in [0.1, 0.15) is 6.33 Å². The SMILES string of the molecule is Cl.O=C(c1ccccc1-n1cnnn1)N1CCCC(N2CCNCC2=O)C1. The van der Waals surface area contributed by atoms with E-state index in [1.54, 1.807) is 6.07 Å². The van der Waals surface area contributed by atoms with Crippen LogP contribution in [0.25, 0.3) is 5.69 Å². The summed E-state index contributed by atoms with van der Waals surface area (Å²) in [6, 6.07) is 7.39. The van der Waals surface area contributed by atoms with Gasteiger partial charge in [0, 0.05) is 32.2 Å². The number of aromatic nitrogens is 4. The summed E-state index contributed by atoms with van der Waals surface area (Å²) in [4.78, 5) is 29.1. The lowest BCUT2D eigenvalue weighted by Gasteiger charge is -2.41. The van der Waals surface area contributed by atoms with Gasteiger partial charge in [-0.05, 0) is 35.4 Å². The molecule has 0 radical (unpaired) electrons. The standard InChI is InChI=1S/C17H21N7O2.ClH/c25-16-10-18-7-9-23(16)13-4-3-8-22(11-13)17(26)14-5-1-2-6-15(14)24-12-19-20-21-24;/h1-2,5-6,12-13,18H,3-4,7-11H2;1H. The van der Waals surface area contributed by atoms with E-state index in [1.807, 2.05) is 28.0 Å². The van der Waals surface area contributed by atoms with Crippen LogP contribution in [0.15, 0.2) is 30.6 Å². The number of hydrogen-bond donors (Lipinski definition) is 1. The van der Waals surface area contributed by atoms with Crippen LogP contribution in [0, 0.1) is 0 Å². The summed E-state index contributed by atoms with van der Waals surface area (Å²) in [5.74, 6) is 0.0630. The Labute approximate surface area is 163 Å². The molecule has 0 saturated carbocycles. The molecule has 2 fully saturated rings. The second kappa shape index (κ2) is 8.45. The van der Waals surface area contributed by atoms with Crippen LogP contribution in [-0.4, -0.2) is 80.6 Å². The number of piperazine rings is 1. The average molecular weight is 392 g/mol. The second-order valence-electron chi connectivity index (χ2n) is 6.58. The van der Waals surface area contributed by atoms with Crippen molar-refractivity contribution < 1.29 is 9.59 Å². The maximum atomic E-state index is 13.2. The normalized spacial score (nSPS) is 20.3. The predicted molar refractivity (Wildman–Crippen MR) is 99.9 cm³/mol. The van der Waals surface area contributed by atoms with E-state index in [9.17, 15) is 9.59 Å². The highest BCUT2D eigenvalue weighted by Crippen LogP contribution is 2.21. The van der Waals surface area contributed by atoms with E-state index >= 15 is 0 Å². The van der Waals surface area contributed by atoms with Gasteiger partial charge in [0.05, 0.1) is 17.8 Å². The van der Waals surface area contributed by atoms with Crippen molar-refractivity contribution in [1.29, 1.82) is 0 Å². The summed E-state index contributed by atoms with van der Waals surface area (Å²) in [7, 11) is 0. The number of hydrogen-bond acceptors (Lipinski definition) is 6. The molecule has 2 aliphatic rings. The topological polar surface area (TPSA) is 96.2 Å². The zero-order valence-corrected chi connectivity index (χ0v) is 15.6. The van der Waals surface area contributed by atoms with Crippen molar-refractivity contribution in [3.05, 3.63) is 36.2 Å². The quantitative estimate of drug-likeness (QED) is 0.798. The van der Waals surface area contributed by atoms with Crippen molar-refractivity contribution in [2.75, 3.05) is 32.7 Å². The van der Waals surface area contributed by atoms with Crippen LogP contribution in [0.4, 0.5) is 0 Å². The van der Waals surface area contributed by atoms with E-state index in [0.29, 0.717) is 37.4 Å². The molecule has 2 aromatic rings. The number of carbonyl (C=O) groups excluding carboxylic acids is 2. The summed E-state index contributed by atoms with van der Waals surface area (Å²) in [5, 5.41) is 14.3. The fourth-order valence-electron chi connectivity index (χ4n) is 3.70. The predicted octanol–water partition coefficient (Wildman–Crippen LogP) is 0.121. The summed E-state index contributed by atoms with van der Waals surface area (Å²) in [5.41, 5.74) is 1.22. The first-order valence-electron chi connectivity index (χ1n) is 8.86. The number of likely N-dealkylation sites (tertiary alicyclic amines) is 1. The van der Waals surface area contributed by atoms with Crippen molar-refractivity contribution in [3.63, 3.8) is 0 Å². The molecule has 3 heterocycles. The fourth-order valence-corrected chi connectivity index (χ4v) is 3.70. The number of benzene rings is 1. The van der Waals surface area contributed by atoms with Gasteiger partial charge in [-0.25, -0.2) is 0 Å². The molecule has 0 aliphatic carbocycles. The fraction of sp³-hybridized carbons (Fsp3) is 0.471. The van der Waals surface area contributed by atoms with Crippen LogP contribution in [0.1, 0.15) is 23.2 Å². The second-order valence-corrected chi connectivity index (χ2v) is 6.58. The molecule has 1 atom stereocenters. The smallest absolute Gasteiger partial charge is 0.256 e. The van der Waals surface area contributed by atoms with E-state index in [0.717, 1.165) is 19.4 Å². The van der Waals surface area contributed by atoms with Gasteiger partial charge in [-0.2, -0.15) is 4.68 Å². The number of tetrazole rings is 1. The molecule has 10 heteroatoms. The van der Waals surface area contributed by atoms with Gasteiger partial charge in [0.25, 0.3) is 5.91 Å². The van der Waals surface area contributed by atoms with Crippen LogP contribution in [0.3, 0.4) is 0 Å². The Balaban J connectivity index is 0.00000210. The van der Waals surface area contributed by atoms with Gasteiger partial charge >= 0.3 is 0 Å². The number of carbonyl (C=O) groups is 2. The molecule has 144 valence electrons. The summed E-state index contributed by atoms with van der Waals surface area (Å²) >= 11 is 0. The van der Waals surface area contributed by atoms with Crippen LogP contribution in [-0.2, 0) is 4.79 Å². The largest absolute Gasteiger partial charge is 0.337 e. The molecule has 2 saturated heterocycles. The minimum absolute atomic E-state index is 0. The molecular weight excluding hydrogens is 370 g/mol. The minimum atomic E-state index is -0.0524. The number of amides is 2. The Morgan fingerprint density at radius 1 is 1.22 bits per heavy atom. The molecule has 0 spiro atoms.